The van der Waals surface area contributed by atoms with E-state index in [-0.39, 0.29) is 64.8 Å². The maximum atomic E-state index is 13.7. The van der Waals surface area contributed by atoms with Gasteiger partial charge in [0.15, 0.2) is 0 Å². The fraction of sp³-hybridized carbons (Fsp3) is 0.391. The van der Waals surface area contributed by atoms with Crippen molar-refractivity contribution in [3.63, 3.8) is 0 Å². The average Bonchev–Trinajstić information content (AvgIpc) is 4.03. The quantitative estimate of drug-likeness (QED) is 0.0374. The summed E-state index contributed by atoms with van der Waals surface area (Å²) >= 11 is 2.03. The van der Waals surface area contributed by atoms with Crippen LogP contribution in [0.5, 0.6) is 23.0 Å². The summed E-state index contributed by atoms with van der Waals surface area (Å²) in [5.41, 5.74) is 8.24. The van der Waals surface area contributed by atoms with Crippen LogP contribution < -0.4 is 30.4 Å². The Labute approximate surface area is 399 Å². The van der Waals surface area contributed by atoms with Crippen LogP contribution in [0.3, 0.4) is 0 Å². The van der Waals surface area contributed by atoms with Crippen LogP contribution >= 0.6 is 22.7 Å². The third-order valence-corrected chi connectivity index (χ3v) is 12.2. The van der Waals surface area contributed by atoms with Gasteiger partial charge in [-0.2, -0.15) is 39.5 Å². The minimum Gasteiger partial charge on any atom is -0.494 e. The van der Waals surface area contributed by atoms with Gasteiger partial charge in [0, 0.05) is 11.1 Å². The van der Waals surface area contributed by atoms with Crippen LogP contribution in [0.15, 0.2) is 91.0 Å². The highest BCUT2D eigenvalue weighted by molar-refractivity contribution is 7.15. The summed E-state index contributed by atoms with van der Waals surface area (Å²) in [6.07, 6.45) is -10.1. The van der Waals surface area contributed by atoms with E-state index in [2.05, 4.69) is 20.4 Å². The molecule has 4 aromatic carbocycles. The molecule has 0 unspecified atom stereocenters. The summed E-state index contributed by atoms with van der Waals surface area (Å²) < 4.78 is 142. The molecule has 0 fully saturated rings. The van der Waals surface area contributed by atoms with E-state index in [1.165, 1.54) is 43.3 Å². The largest absolute Gasteiger partial charge is 0.494 e. The van der Waals surface area contributed by atoms with E-state index in [9.17, 15) is 44.6 Å². The van der Waals surface area contributed by atoms with Crippen LogP contribution in [-0.4, -0.2) is 70.2 Å². The van der Waals surface area contributed by atoms with Gasteiger partial charge in [0.2, 0.25) is 0 Å². The molecule has 0 saturated heterocycles. The van der Waals surface area contributed by atoms with Gasteiger partial charge >= 0.3 is 18.5 Å². The minimum atomic E-state index is -4.68. The third kappa shape index (κ3) is 16.5. The summed E-state index contributed by atoms with van der Waals surface area (Å²) in [5.74, 6) is 0.328. The Morgan fingerprint density at radius 1 is 0.551 bits per heavy atom. The van der Waals surface area contributed by atoms with E-state index >= 15 is 0 Å². The van der Waals surface area contributed by atoms with Crippen LogP contribution in [0, 0.1) is 0 Å². The van der Waals surface area contributed by atoms with E-state index in [0.29, 0.717) is 42.3 Å². The first kappa shape index (κ1) is 54.4. The normalized spacial score (nSPS) is 13.2. The van der Waals surface area contributed by atoms with Crippen LogP contribution in [0.2, 0.25) is 0 Å². The zero-order chi connectivity index (χ0) is 50.2. The molecule has 0 aliphatic heterocycles. The van der Waals surface area contributed by atoms with Crippen LogP contribution in [0.1, 0.15) is 78.2 Å². The average molecular weight is 1020 g/mol. The summed E-state index contributed by atoms with van der Waals surface area (Å²) in [4.78, 5) is 0. The Morgan fingerprint density at radius 2 is 1.04 bits per heavy atom. The second-order valence-corrected chi connectivity index (χ2v) is 17.5. The van der Waals surface area contributed by atoms with E-state index in [1.54, 1.807) is 0 Å². The zero-order valence-corrected chi connectivity index (χ0v) is 38.5. The molecule has 23 heteroatoms. The molecule has 0 saturated carbocycles. The number of aromatic nitrogens is 4. The van der Waals surface area contributed by atoms with Gasteiger partial charge in [-0.1, -0.05) is 46.9 Å². The van der Waals surface area contributed by atoms with Crippen molar-refractivity contribution in [2.45, 2.75) is 75.6 Å². The first-order chi connectivity index (χ1) is 32.7. The maximum absolute atomic E-state index is 13.7. The Morgan fingerprint density at radius 3 is 1.55 bits per heavy atom. The highest BCUT2D eigenvalue weighted by Crippen LogP contribution is 2.41. The number of benzene rings is 4. The van der Waals surface area contributed by atoms with Gasteiger partial charge in [-0.15, -0.1) is 20.4 Å². The molecule has 6 aromatic rings. The molecule has 0 radical (unpaired) electrons. The molecule has 374 valence electrons. The fourth-order valence-corrected chi connectivity index (χ4v) is 7.74. The predicted molar refractivity (Wildman–Crippen MR) is 241 cm³/mol. The van der Waals surface area contributed by atoms with Gasteiger partial charge in [0.1, 0.15) is 43.0 Å². The number of para-hydroxylation sites is 1. The standard InChI is InChI=1S/C24H25F6N3O3S.C22H24F3N3O3S/c1-22(31,14-34)21-33-32-20(37-21)15-8-9-19(18(12-15)24(28,29)30)36-11-4-2-3-10-35-17-7-5-6-16(13-17)23(25,26)27;23-22(24,25)17-13-15(20-27-28-21(32-20)18(26)14-29)9-10-19(17)31-12-6-2-5-11-30-16-7-3-1-4-8-16/h5-9,12-13,34H,2-4,10-11,14,31H2,1H3;1,3-4,7-10,13,18,29H,2,5-6,11-12,14,26H2/t22-;18-/m00/s1. The van der Waals surface area contributed by atoms with Crippen molar-refractivity contribution >= 4 is 22.7 Å². The number of alkyl halides is 9. The monoisotopic (exact) mass is 1020 g/mol. The number of aliphatic hydroxyl groups excluding tert-OH is 2. The summed E-state index contributed by atoms with van der Waals surface area (Å²) in [5, 5.41) is 35.1. The highest BCUT2D eigenvalue weighted by Gasteiger charge is 2.37. The first-order valence-electron chi connectivity index (χ1n) is 21.3. The van der Waals surface area contributed by atoms with Gasteiger partial charge < -0.3 is 40.6 Å². The van der Waals surface area contributed by atoms with Crippen molar-refractivity contribution in [1.29, 1.82) is 0 Å². The smallest absolute Gasteiger partial charge is 0.419 e. The molecule has 0 amide bonds. The van der Waals surface area contributed by atoms with Gasteiger partial charge in [-0.25, -0.2) is 0 Å². The van der Waals surface area contributed by atoms with Crippen LogP contribution in [0.25, 0.3) is 21.1 Å². The summed E-state index contributed by atoms with van der Waals surface area (Å²) in [6.45, 7) is 1.68. The molecule has 2 atom stereocenters. The van der Waals surface area contributed by atoms with Crippen molar-refractivity contribution in [3.8, 4) is 44.1 Å². The number of halogens is 9. The summed E-state index contributed by atoms with van der Waals surface area (Å²) in [7, 11) is 0. The Bertz CT molecular complexity index is 2510. The first-order valence-corrected chi connectivity index (χ1v) is 22.9. The Hall–Kier alpha value is -5.59. The molecular weight excluding hydrogens is 968 g/mol. The topological polar surface area (TPSA) is 181 Å². The van der Waals surface area contributed by atoms with Crippen LogP contribution in [0.4, 0.5) is 39.5 Å². The molecule has 6 N–H and O–H groups in total. The number of unbranched alkanes of at least 4 members (excludes halogenated alkanes) is 4. The number of nitrogens with two attached hydrogens (primary N) is 2. The molecule has 0 spiro atoms. The lowest BCUT2D eigenvalue weighted by Gasteiger charge is -2.17. The van der Waals surface area contributed by atoms with Crippen molar-refractivity contribution in [1.82, 2.24) is 20.4 Å². The van der Waals surface area contributed by atoms with Crippen molar-refractivity contribution < 1.29 is 68.7 Å². The number of hydrogen-bond donors (Lipinski definition) is 4. The molecule has 69 heavy (non-hydrogen) atoms. The van der Waals surface area contributed by atoms with E-state index in [4.69, 9.17) is 35.5 Å². The second-order valence-electron chi connectivity index (χ2n) is 15.5. The molecule has 0 bridgehead atoms. The van der Waals surface area contributed by atoms with E-state index in [1.807, 2.05) is 30.3 Å². The lowest BCUT2D eigenvalue weighted by atomic mass is 10.1. The Balaban J connectivity index is 0.000000260. The number of nitrogens with zero attached hydrogens (tertiary/aromatic N) is 4. The molecule has 2 heterocycles. The lowest BCUT2D eigenvalue weighted by Crippen LogP contribution is -2.36. The van der Waals surface area contributed by atoms with Gasteiger partial charge in [-0.05, 0) is 112 Å². The highest BCUT2D eigenvalue weighted by atomic mass is 32.1. The molecule has 0 aliphatic rings. The molecule has 0 aliphatic carbocycles. The predicted octanol–water partition coefficient (Wildman–Crippen LogP) is 10.9. The number of ether oxygens (including phenoxy) is 4. The second kappa shape index (κ2) is 24.8. The maximum Gasteiger partial charge on any atom is 0.419 e. The SMILES string of the molecule is C[C@](N)(CO)c1nnc(-c2ccc(OCCCCCOc3cccc(C(F)(F)F)c3)c(C(F)(F)F)c2)s1.N[C@@H](CO)c1nnc(-c2ccc(OCCCCCOc3ccccc3)c(C(F)(F)F)c2)s1. The third-order valence-electron chi connectivity index (χ3n) is 9.79. The summed E-state index contributed by atoms with van der Waals surface area (Å²) in [6, 6.07) is 20.6. The lowest BCUT2D eigenvalue weighted by molar-refractivity contribution is -0.139. The van der Waals surface area contributed by atoms with Crippen molar-refractivity contribution in [3.05, 3.63) is 118 Å². The van der Waals surface area contributed by atoms with E-state index in [0.717, 1.165) is 65.5 Å². The van der Waals surface area contributed by atoms with Gasteiger partial charge in [0.05, 0.1) is 67.9 Å². The minimum absolute atomic E-state index is 0.0109. The van der Waals surface area contributed by atoms with Crippen molar-refractivity contribution in [2.24, 2.45) is 11.5 Å². The van der Waals surface area contributed by atoms with Gasteiger partial charge in [-0.3, -0.25) is 0 Å². The van der Waals surface area contributed by atoms with E-state index < -0.39 is 53.4 Å². The number of aliphatic hydroxyl groups is 2. The number of hydrogen-bond acceptors (Lipinski definition) is 14. The molecule has 6 rings (SSSR count). The van der Waals surface area contributed by atoms with Crippen molar-refractivity contribution in [2.75, 3.05) is 39.6 Å². The molecule has 2 aromatic heterocycles. The molecular formula is C46H49F9N6O6S2. The number of rotatable bonds is 22. The zero-order valence-electron chi connectivity index (χ0n) is 36.9. The fourth-order valence-electron chi connectivity index (χ4n) is 6.02. The van der Waals surface area contributed by atoms with Gasteiger partial charge in [0.25, 0.3) is 0 Å². The van der Waals surface area contributed by atoms with Crippen LogP contribution in [-0.2, 0) is 24.1 Å². The Kier molecular flexibility index (Phi) is 19.5. The molecule has 12 nitrogen and oxygen atoms in total.